The third kappa shape index (κ3) is 4.50. The van der Waals surface area contributed by atoms with E-state index in [0.29, 0.717) is 0 Å². The first-order chi connectivity index (χ1) is 17.4. The lowest BCUT2D eigenvalue weighted by Crippen LogP contribution is -2.60. The predicted octanol–water partition coefficient (Wildman–Crippen LogP) is 0.773. The van der Waals surface area contributed by atoms with Crippen LogP contribution < -0.4 is 36.2 Å². The summed E-state index contributed by atoms with van der Waals surface area (Å²) in [5.74, 6) is -1.37. The Morgan fingerprint density at radius 2 is 1.83 bits per heavy atom. The van der Waals surface area contributed by atoms with Crippen LogP contribution in [0.15, 0.2) is 36.4 Å². The van der Waals surface area contributed by atoms with E-state index < -0.39 is 11.7 Å². The number of nitrogens with one attached hydrogen (secondary N) is 4. The summed E-state index contributed by atoms with van der Waals surface area (Å²) in [6.45, 7) is 4.07. The number of hydrogen-bond acceptors (Lipinski definition) is 8. The molecule has 5 rings (SSSR count). The van der Waals surface area contributed by atoms with E-state index in [0.717, 1.165) is 37.8 Å². The molecule has 0 bridgehead atoms. The van der Waals surface area contributed by atoms with Gasteiger partial charge in [0.15, 0.2) is 5.82 Å². The van der Waals surface area contributed by atoms with Crippen molar-refractivity contribution >= 4 is 23.2 Å². The standard InChI is InChI=1S/C25H32FN7O3/c1-27-25(35)16-12-18(26)24(20(13-16)36-3)33-21(34)14-19-23(30-33)22(29-28-19)15-4-6-17(7-5-15)32-10-8-31(2)9-11-32/h4-7,12-13,19,22-23,28-30H,8-11,14H2,1-3H3,(H,27,35). The van der Waals surface area contributed by atoms with Crippen LogP contribution in [0.5, 0.6) is 5.75 Å². The van der Waals surface area contributed by atoms with Gasteiger partial charge < -0.3 is 19.9 Å². The average molecular weight is 498 g/mol. The highest BCUT2D eigenvalue weighted by molar-refractivity contribution is 5.98. The number of hydrogen-bond donors (Lipinski definition) is 4. The van der Waals surface area contributed by atoms with Crippen molar-refractivity contribution in [3.05, 3.63) is 53.3 Å². The summed E-state index contributed by atoms with van der Waals surface area (Å²) in [6, 6.07) is 10.4. The maximum atomic E-state index is 15.2. The molecule has 2 amide bonds. The van der Waals surface area contributed by atoms with E-state index in [1.165, 1.54) is 30.9 Å². The Balaban J connectivity index is 1.37. The van der Waals surface area contributed by atoms with E-state index in [4.69, 9.17) is 4.74 Å². The summed E-state index contributed by atoms with van der Waals surface area (Å²) in [5.41, 5.74) is 12.0. The van der Waals surface area contributed by atoms with Crippen LogP contribution in [0.1, 0.15) is 28.4 Å². The van der Waals surface area contributed by atoms with Gasteiger partial charge in [0.05, 0.1) is 19.2 Å². The number of benzene rings is 2. The molecule has 192 valence electrons. The van der Waals surface area contributed by atoms with E-state index in [2.05, 4.69) is 62.7 Å². The first-order valence-electron chi connectivity index (χ1n) is 12.1. The van der Waals surface area contributed by atoms with Crippen LogP contribution in [0.4, 0.5) is 15.8 Å². The SMILES string of the molecule is CNC(=O)c1cc(F)c(N2NC3C(CC2=O)NNC3c2ccc(N3CCN(C)CC3)cc2)c(OC)c1. The first-order valence-corrected chi connectivity index (χ1v) is 12.1. The minimum Gasteiger partial charge on any atom is -0.494 e. The Morgan fingerprint density at radius 3 is 2.50 bits per heavy atom. The van der Waals surface area contributed by atoms with E-state index in [1.54, 1.807) is 0 Å². The van der Waals surface area contributed by atoms with Gasteiger partial charge in [0, 0.05) is 56.9 Å². The van der Waals surface area contributed by atoms with Gasteiger partial charge in [0.1, 0.15) is 11.4 Å². The van der Waals surface area contributed by atoms with Crippen LogP contribution in [0.2, 0.25) is 0 Å². The van der Waals surface area contributed by atoms with Crippen LogP contribution in [0, 0.1) is 5.82 Å². The third-order valence-corrected chi connectivity index (χ3v) is 7.22. The van der Waals surface area contributed by atoms with Gasteiger partial charge >= 0.3 is 0 Å². The predicted molar refractivity (Wildman–Crippen MR) is 134 cm³/mol. The molecule has 10 nitrogen and oxygen atoms in total. The van der Waals surface area contributed by atoms with Crippen LogP contribution in [-0.2, 0) is 4.79 Å². The molecule has 0 radical (unpaired) electrons. The fraction of sp³-hybridized carbons (Fsp3) is 0.440. The quantitative estimate of drug-likeness (QED) is 0.481. The highest BCUT2D eigenvalue weighted by Crippen LogP contribution is 2.36. The number of likely N-dealkylation sites (N-methyl/N-ethyl adjacent to an activating group) is 1. The molecule has 0 aliphatic carbocycles. The van der Waals surface area contributed by atoms with E-state index >= 15 is 4.39 Å². The molecule has 0 aromatic heterocycles. The van der Waals surface area contributed by atoms with Gasteiger partial charge in [-0.15, -0.1) is 0 Å². The molecule has 3 fully saturated rings. The highest BCUT2D eigenvalue weighted by atomic mass is 19.1. The van der Waals surface area contributed by atoms with Crippen molar-refractivity contribution in [2.24, 2.45) is 0 Å². The van der Waals surface area contributed by atoms with Gasteiger partial charge in [0.25, 0.3) is 5.91 Å². The third-order valence-electron chi connectivity index (χ3n) is 7.22. The minimum absolute atomic E-state index is 0.0373. The molecule has 3 unspecified atom stereocenters. The summed E-state index contributed by atoms with van der Waals surface area (Å²) < 4.78 is 20.6. The molecule has 3 heterocycles. The number of rotatable bonds is 5. The maximum Gasteiger partial charge on any atom is 0.251 e. The van der Waals surface area contributed by atoms with Crippen molar-refractivity contribution in [1.29, 1.82) is 0 Å². The summed E-state index contributed by atoms with van der Waals surface area (Å²) in [7, 11) is 4.99. The van der Waals surface area contributed by atoms with E-state index in [9.17, 15) is 9.59 Å². The van der Waals surface area contributed by atoms with Crippen molar-refractivity contribution in [2.75, 3.05) is 57.3 Å². The summed E-state index contributed by atoms with van der Waals surface area (Å²) >= 11 is 0. The number of carbonyl (C=O) groups is 2. The molecule has 36 heavy (non-hydrogen) atoms. The van der Waals surface area contributed by atoms with E-state index in [-0.39, 0.29) is 47.5 Å². The molecule has 0 spiro atoms. The molecule has 0 saturated carbocycles. The molecule has 3 aliphatic rings. The number of halogens is 1. The Bertz CT molecular complexity index is 1140. The Morgan fingerprint density at radius 1 is 1.11 bits per heavy atom. The summed E-state index contributed by atoms with van der Waals surface area (Å²) in [5, 5.41) is 3.68. The average Bonchev–Trinajstić information content (AvgIpc) is 3.30. The van der Waals surface area contributed by atoms with Crippen molar-refractivity contribution in [1.82, 2.24) is 26.5 Å². The van der Waals surface area contributed by atoms with Crippen molar-refractivity contribution in [3.8, 4) is 5.75 Å². The summed E-state index contributed by atoms with van der Waals surface area (Å²) in [6.07, 6.45) is 0.167. The van der Waals surface area contributed by atoms with Crippen LogP contribution in [-0.4, -0.2) is 76.2 Å². The fourth-order valence-electron chi connectivity index (χ4n) is 5.11. The topological polar surface area (TPSA) is 101 Å². The monoisotopic (exact) mass is 497 g/mol. The number of hydrazine groups is 2. The van der Waals surface area contributed by atoms with Crippen molar-refractivity contribution in [3.63, 3.8) is 0 Å². The number of nitrogens with zero attached hydrogens (tertiary/aromatic N) is 3. The molecule has 3 aliphatic heterocycles. The molecule has 2 aromatic rings. The highest BCUT2D eigenvalue weighted by Gasteiger charge is 2.45. The molecular weight excluding hydrogens is 465 g/mol. The number of anilines is 2. The molecule has 3 atom stereocenters. The Hall–Kier alpha value is -3.25. The lowest BCUT2D eigenvalue weighted by Gasteiger charge is -2.37. The molecule has 4 N–H and O–H groups in total. The second kappa shape index (κ2) is 10.0. The van der Waals surface area contributed by atoms with Crippen LogP contribution in [0.3, 0.4) is 0 Å². The van der Waals surface area contributed by atoms with Gasteiger partial charge in [-0.25, -0.2) is 20.3 Å². The number of methoxy groups -OCH3 is 1. The molecule has 2 aromatic carbocycles. The number of ether oxygens (including phenoxy) is 1. The summed E-state index contributed by atoms with van der Waals surface area (Å²) in [4.78, 5) is 29.7. The van der Waals surface area contributed by atoms with Gasteiger partial charge in [-0.3, -0.25) is 15.0 Å². The molecule has 3 saturated heterocycles. The fourth-order valence-corrected chi connectivity index (χ4v) is 5.11. The minimum atomic E-state index is -0.723. The second-order valence-electron chi connectivity index (χ2n) is 9.43. The van der Waals surface area contributed by atoms with Crippen molar-refractivity contribution < 1.29 is 18.7 Å². The van der Waals surface area contributed by atoms with Gasteiger partial charge in [-0.2, -0.15) is 0 Å². The number of amides is 2. The Labute approximate surface area is 209 Å². The Kier molecular flexibility index (Phi) is 6.80. The van der Waals surface area contributed by atoms with Gasteiger partial charge in [-0.1, -0.05) is 12.1 Å². The van der Waals surface area contributed by atoms with Crippen LogP contribution in [0.25, 0.3) is 0 Å². The van der Waals surface area contributed by atoms with Crippen molar-refractivity contribution in [2.45, 2.75) is 24.5 Å². The smallest absolute Gasteiger partial charge is 0.251 e. The zero-order chi connectivity index (χ0) is 25.4. The lowest BCUT2D eigenvalue weighted by atomic mass is 9.93. The first kappa shape index (κ1) is 24.4. The lowest BCUT2D eigenvalue weighted by molar-refractivity contribution is -0.121. The number of piperazine rings is 1. The normalized spacial score (nSPS) is 24.6. The zero-order valence-electron chi connectivity index (χ0n) is 20.7. The second-order valence-corrected chi connectivity index (χ2v) is 9.43. The van der Waals surface area contributed by atoms with E-state index in [1.807, 2.05) is 0 Å². The van der Waals surface area contributed by atoms with Gasteiger partial charge in [-0.05, 0) is 36.9 Å². The molecular formula is C25H32FN7O3. The zero-order valence-corrected chi connectivity index (χ0v) is 20.7. The number of carbonyl (C=O) groups excluding carboxylic acids is 2. The van der Waals surface area contributed by atoms with Gasteiger partial charge in [0.2, 0.25) is 5.91 Å². The number of fused-ring (bicyclic) bond motifs is 1. The maximum absolute atomic E-state index is 15.2. The van der Waals surface area contributed by atoms with Crippen LogP contribution >= 0.6 is 0 Å². The largest absolute Gasteiger partial charge is 0.494 e. The molecule has 11 heteroatoms.